The summed E-state index contributed by atoms with van der Waals surface area (Å²) in [6, 6.07) is 14.7. The summed E-state index contributed by atoms with van der Waals surface area (Å²) in [5.41, 5.74) is 2.30. The summed E-state index contributed by atoms with van der Waals surface area (Å²) in [4.78, 5) is 0. The van der Waals surface area contributed by atoms with E-state index < -0.39 is 0 Å². The Balaban J connectivity index is 2.06. The van der Waals surface area contributed by atoms with Gasteiger partial charge in [-0.2, -0.15) is 0 Å². The molecular formula is C15H10Cl2N2O. The van der Waals surface area contributed by atoms with Gasteiger partial charge >= 0.3 is 0 Å². The predicted octanol–water partition coefficient (Wildman–Crippen LogP) is 4.55. The number of halogens is 2. The first-order valence-electron chi connectivity index (χ1n) is 5.94. The van der Waals surface area contributed by atoms with Crippen LogP contribution < -0.4 is 0 Å². The molecular weight excluding hydrogens is 295 g/mol. The number of rotatable bonds is 2. The fraction of sp³-hybridized carbons (Fsp3) is 0. The second kappa shape index (κ2) is 5.19. The minimum absolute atomic E-state index is 0.0257. The Hall–Kier alpha value is -1.97. The molecule has 1 heterocycles. The third kappa shape index (κ3) is 2.38. The molecule has 0 bridgehead atoms. The van der Waals surface area contributed by atoms with Gasteiger partial charge in [0.05, 0.1) is 21.3 Å². The van der Waals surface area contributed by atoms with Gasteiger partial charge in [-0.15, -0.1) is 5.10 Å². The average Bonchev–Trinajstić information content (AvgIpc) is 2.85. The Kier molecular flexibility index (Phi) is 3.38. The molecule has 3 aromatic rings. The van der Waals surface area contributed by atoms with Crippen LogP contribution in [0, 0.1) is 0 Å². The van der Waals surface area contributed by atoms with Crippen molar-refractivity contribution in [2.75, 3.05) is 0 Å². The van der Waals surface area contributed by atoms with Crippen LogP contribution in [0.1, 0.15) is 0 Å². The predicted molar refractivity (Wildman–Crippen MR) is 80.7 cm³/mol. The summed E-state index contributed by atoms with van der Waals surface area (Å²) < 4.78 is 1.57. The minimum Gasteiger partial charge on any atom is -0.492 e. The molecule has 0 unspecified atom stereocenters. The summed E-state index contributed by atoms with van der Waals surface area (Å²) in [6.45, 7) is 0. The third-order valence-electron chi connectivity index (χ3n) is 2.95. The lowest BCUT2D eigenvalue weighted by Gasteiger charge is -2.02. The van der Waals surface area contributed by atoms with Crippen molar-refractivity contribution in [2.45, 2.75) is 0 Å². The topological polar surface area (TPSA) is 38.1 Å². The normalized spacial score (nSPS) is 10.7. The first-order valence-corrected chi connectivity index (χ1v) is 6.70. The molecule has 0 aliphatic rings. The van der Waals surface area contributed by atoms with E-state index in [1.165, 1.54) is 0 Å². The van der Waals surface area contributed by atoms with Gasteiger partial charge in [0.1, 0.15) is 0 Å². The largest absolute Gasteiger partial charge is 0.492 e. The highest BCUT2D eigenvalue weighted by Crippen LogP contribution is 2.30. The zero-order valence-electron chi connectivity index (χ0n) is 10.3. The summed E-state index contributed by atoms with van der Waals surface area (Å²) in [6.07, 6.45) is 1.75. The van der Waals surface area contributed by atoms with Gasteiger partial charge in [-0.3, -0.25) is 0 Å². The van der Waals surface area contributed by atoms with Crippen molar-refractivity contribution >= 4 is 23.2 Å². The van der Waals surface area contributed by atoms with Gasteiger partial charge in [0.25, 0.3) is 0 Å². The molecule has 0 spiro atoms. The summed E-state index contributed by atoms with van der Waals surface area (Å²) in [5.74, 6) is -0.0257. The van der Waals surface area contributed by atoms with E-state index in [0.717, 1.165) is 11.3 Å². The second-order valence-corrected chi connectivity index (χ2v) is 5.09. The minimum atomic E-state index is -0.0257. The Morgan fingerprint density at radius 1 is 0.950 bits per heavy atom. The first-order chi connectivity index (χ1) is 9.65. The monoisotopic (exact) mass is 304 g/mol. The maximum atomic E-state index is 9.98. The van der Waals surface area contributed by atoms with E-state index in [-0.39, 0.29) is 5.88 Å². The van der Waals surface area contributed by atoms with E-state index in [9.17, 15) is 5.11 Å². The molecule has 0 aliphatic carbocycles. The lowest BCUT2D eigenvalue weighted by atomic mass is 10.1. The van der Waals surface area contributed by atoms with Crippen molar-refractivity contribution < 1.29 is 5.11 Å². The number of benzene rings is 2. The number of aromatic nitrogens is 2. The summed E-state index contributed by atoms with van der Waals surface area (Å²) in [7, 11) is 0. The molecule has 1 N–H and O–H groups in total. The van der Waals surface area contributed by atoms with Crippen LogP contribution in [0.3, 0.4) is 0 Å². The third-order valence-corrected chi connectivity index (χ3v) is 3.69. The number of hydrogen-bond acceptors (Lipinski definition) is 2. The van der Waals surface area contributed by atoms with Crippen LogP contribution >= 0.6 is 23.2 Å². The van der Waals surface area contributed by atoms with E-state index in [1.807, 2.05) is 30.3 Å². The maximum Gasteiger partial charge on any atom is 0.238 e. The molecule has 2 aromatic carbocycles. The number of aromatic hydroxyl groups is 1. The second-order valence-electron chi connectivity index (χ2n) is 4.28. The highest BCUT2D eigenvalue weighted by molar-refractivity contribution is 6.42. The SMILES string of the molecule is Oc1nn(-c2ccc(Cl)c(Cl)c2)cc1-c1ccccc1. The van der Waals surface area contributed by atoms with Gasteiger partial charge < -0.3 is 5.11 Å². The van der Waals surface area contributed by atoms with E-state index in [0.29, 0.717) is 15.6 Å². The van der Waals surface area contributed by atoms with E-state index in [4.69, 9.17) is 23.2 Å². The van der Waals surface area contributed by atoms with Gasteiger partial charge in [0.2, 0.25) is 5.88 Å². The van der Waals surface area contributed by atoms with Crippen LogP contribution in [-0.4, -0.2) is 14.9 Å². The molecule has 0 radical (unpaired) electrons. The van der Waals surface area contributed by atoms with Crippen molar-refractivity contribution in [1.82, 2.24) is 9.78 Å². The van der Waals surface area contributed by atoms with Crippen molar-refractivity contribution in [3.8, 4) is 22.7 Å². The fourth-order valence-electron chi connectivity index (χ4n) is 1.95. The van der Waals surface area contributed by atoms with Gasteiger partial charge in [-0.25, -0.2) is 4.68 Å². The number of hydrogen-bond donors (Lipinski definition) is 1. The molecule has 3 rings (SSSR count). The molecule has 0 atom stereocenters. The van der Waals surface area contributed by atoms with Crippen LogP contribution in [0.5, 0.6) is 5.88 Å². The molecule has 0 amide bonds. The van der Waals surface area contributed by atoms with Crippen LogP contribution in [0.2, 0.25) is 10.0 Å². The molecule has 5 heteroatoms. The van der Waals surface area contributed by atoms with Gasteiger partial charge in [-0.05, 0) is 23.8 Å². The summed E-state index contributed by atoms with van der Waals surface area (Å²) >= 11 is 11.9. The smallest absolute Gasteiger partial charge is 0.238 e. The molecule has 100 valence electrons. The molecule has 0 saturated carbocycles. The zero-order valence-corrected chi connectivity index (χ0v) is 11.8. The van der Waals surface area contributed by atoms with Crippen LogP contribution in [0.4, 0.5) is 0 Å². The van der Waals surface area contributed by atoms with Gasteiger partial charge in [-0.1, -0.05) is 53.5 Å². The molecule has 0 saturated heterocycles. The van der Waals surface area contributed by atoms with Crippen molar-refractivity contribution in [1.29, 1.82) is 0 Å². The van der Waals surface area contributed by atoms with E-state index in [2.05, 4.69) is 5.10 Å². The Morgan fingerprint density at radius 3 is 2.40 bits per heavy atom. The molecule has 0 fully saturated rings. The molecule has 0 aliphatic heterocycles. The van der Waals surface area contributed by atoms with Crippen LogP contribution in [0.25, 0.3) is 16.8 Å². The molecule has 3 nitrogen and oxygen atoms in total. The van der Waals surface area contributed by atoms with Crippen LogP contribution in [-0.2, 0) is 0 Å². The Morgan fingerprint density at radius 2 is 1.70 bits per heavy atom. The van der Waals surface area contributed by atoms with Crippen molar-refractivity contribution in [2.24, 2.45) is 0 Å². The lowest BCUT2D eigenvalue weighted by Crippen LogP contribution is -1.93. The highest BCUT2D eigenvalue weighted by Gasteiger charge is 2.11. The molecule has 20 heavy (non-hydrogen) atoms. The van der Waals surface area contributed by atoms with Crippen molar-refractivity contribution in [3.05, 3.63) is 64.8 Å². The molecule has 1 aromatic heterocycles. The van der Waals surface area contributed by atoms with E-state index in [1.54, 1.807) is 29.1 Å². The average molecular weight is 305 g/mol. The Labute approximate surface area is 126 Å². The highest BCUT2D eigenvalue weighted by atomic mass is 35.5. The Bertz CT molecular complexity index is 754. The van der Waals surface area contributed by atoms with E-state index >= 15 is 0 Å². The summed E-state index contributed by atoms with van der Waals surface area (Å²) in [5, 5.41) is 15.0. The standard InChI is InChI=1S/C15H10Cl2N2O/c16-13-7-6-11(8-14(13)17)19-9-12(15(20)18-19)10-4-2-1-3-5-10/h1-9H,(H,18,20). The quantitative estimate of drug-likeness (QED) is 0.754. The van der Waals surface area contributed by atoms with Gasteiger partial charge in [0, 0.05) is 6.20 Å². The zero-order chi connectivity index (χ0) is 14.1. The lowest BCUT2D eigenvalue weighted by molar-refractivity contribution is 0.449. The first kappa shape index (κ1) is 13.0. The van der Waals surface area contributed by atoms with Crippen LogP contribution in [0.15, 0.2) is 54.7 Å². The van der Waals surface area contributed by atoms with Gasteiger partial charge in [0.15, 0.2) is 0 Å². The van der Waals surface area contributed by atoms with Crippen molar-refractivity contribution in [3.63, 3.8) is 0 Å². The fourth-order valence-corrected chi connectivity index (χ4v) is 2.24. The maximum absolute atomic E-state index is 9.98. The number of nitrogens with zero attached hydrogens (tertiary/aromatic N) is 2.